The van der Waals surface area contributed by atoms with Crippen LogP contribution in [0, 0.1) is 5.92 Å². The molecular formula is C12H25N3O. The molecule has 0 spiro atoms. The molecule has 0 aromatic rings. The van der Waals surface area contributed by atoms with Crippen LogP contribution in [0.25, 0.3) is 0 Å². The van der Waals surface area contributed by atoms with Gasteiger partial charge in [-0.05, 0) is 32.9 Å². The second kappa shape index (κ2) is 5.64. The summed E-state index contributed by atoms with van der Waals surface area (Å²) >= 11 is 0. The highest BCUT2D eigenvalue weighted by atomic mass is 16.2. The molecule has 94 valence electrons. The van der Waals surface area contributed by atoms with E-state index in [2.05, 4.69) is 19.0 Å². The van der Waals surface area contributed by atoms with Crippen LogP contribution >= 0.6 is 0 Å². The standard InChI is InChI=1S/C12H25N3O/c1-9(2)11(13)12(16)15-7-5-10(6-8-15)14(3)4/h9-11H,5-8,13H2,1-4H3/t11-/m1/s1. The summed E-state index contributed by atoms with van der Waals surface area (Å²) in [6, 6.07) is 0.273. The van der Waals surface area contributed by atoms with E-state index >= 15 is 0 Å². The molecule has 0 saturated carbocycles. The van der Waals surface area contributed by atoms with Gasteiger partial charge in [0.15, 0.2) is 0 Å². The predicted molar refractivity (Wildman–Crippen MR) is 66.1 cm³/mol. The van der Waals surface area contributed by atoms with Crippen molar-refractivity contribution in [3.05, 3.63) is 0 Å². The highest BCUT2D eigenvalue weighted by Gasteiger charge is 2.28. The van der Waals surface area contributed by atoms with E-state index in [1.54, 1.807) is 0 Å². The van der Waals surface area contributed by atoms with Crippen molar-refractivity contribution in [3.8, 4) is 0 Å². The Morgan fingerprint density at radius 1 is 1.31 bits per heavy atom. The second-order valence-corrected chi connectivity index (χ2v) is 5.29. The molecule has 1 fully saturated rings. The van der Waals surface area contributed by atoms with Crippen LogP contribution in [0.4, 0.5) is 0 Å². The van der Waals surface area contributed by atoms with E-state index in [-0.39, 0.29) is 17.9 Å². The van der Waals surface area contributed by atoms with Gasteiger partial charge >= 0.3 is 0 Å². The number of nitrogens with zero attached hydrogens (tertiary/aromatic N) is 2. The van der Waals surface area contributed by atoms with E-state index in [1.807, 2.05) is 18.7 Å². The molecule has 1 atom stereocenters. The first-order valence-corrected chi connectivity index (χ1v) is 6.14. The number of hydrogen-bond donors (Lipinski definition) is 1. The summed E-state index contributed by atoms with van der Waals surface area (Å²) in [5.74, 6) is 0.339. The summed E-state index contributed by atoms with van der Waals surface area (Å²) in [5.41, 5.74) is 5.88. The van der Waals surface area contributed by atoms with Gasteiger partial charge in [-0.15, -0.1) is 0 Å². The Morgan fingerprint density at radius 3 is 2.19 bits per heavy atom. The second-order valence-electron chi connectivity index (χ2n) is 5.29. The molecule has 1 aliphatic heterocycles. The minimum Gasteiger partial charge on any atom is -0.341 e. The molecule has 0 bridgehead atoms. The van der Waals surface area contributed by atoms with Crippen molar-refractivity contribution in [2.24, 2.45) is 11.7 Å². The Labute approximate surface area is 98.8 Å². The smallest absolute Gasteiger partial charge is 0.239 e. The zero-order valence-electron chi connectivity index (χ0n) is 10.9. The normalized spacial score (nSPS) is 20.6. The van der Waals surface area contributed by atoms with Gasteiger partial charge in [0.25, 0.3) is 0 Å². The summed E-state index contributed by atoms with van der Waals surface area (Å²) in [6.07, 6.45) is 2.12. The fraction of sp³-hybridized carbons (Fsp3) is 0.917. The number of carbonyl (C=O) groups excluding carboxylic acids is 1. The summed E-state index contributed by atoms with van der Waals surface area (Å²) in [4.78, 5) is 16.2. The molecule has 0 aromatic heterocycles. The molecule has 0 unspecified atom stereocenters. The molecule has 0 aliphatic carbocycles. The lowest BCUT2D eigenvalue weighted by Crippen LogP contribution is -2.51. The molecule has 2 N–H and O–H groups in total. The zero-order chi connectivity index (χ0) is 12.3. The maximum absolute atomic E-state index is 12.0. The molecule has 16 heavy (non-hydrogen) atoms. The molecule has 4 heteroatoms. The van der Waals surface area contributed by atoms with E-state index in [4.69, 9.17) is 5.73 Å². The lowest BCUT2D eigenvalue weighted by molar-refractivity contribution is -0.135. The van der Waals surface area contributed by atoms with Crippen molar-refractivity contribution < 1.29 is 4.79 Å². The molecule has 1 saturated heterocycles. The quantitative estimate of drug-likeness (QED) is 0.765. The lowest BCUT2D eigenvalue weighted by Gasteiger charge is -2.36. The first-order valence-electron chi connectivity index (χ1n) is 6.14. The van der Waals surface area contributed by atoms with E-state index < -0.39 is 0 Å². The van der Waals surface area contributed by atoms with Crippen molar-refractivity contribution in [2.45, 2.75) is 38.8 Å². The number of rotatable bonds is 3. The summed E-state index contributed by atoms with van der Waals surface area (Å²) in [7, 11) is 4.20. The number of amides is 1. The van der Waals surface area contributed by atoms with Crippen LogP contribution in [0.5, 0.6) is 0 Å². The van der Waals surface area contributed by atoms with Crippen molar-refractivity contribution >= 4 is 5.91 Å². The summed E-state index contributed by atoms with van der Waals surface area (Å²) in [6.45, 7) is 5.69. The first-order chi connectivity index (χ1) is 7.43. The fourth-order valence-corrected chi connectivity index (χ4v) is 2.10. The van der Waals surface area contributed by atoms with Crippen molar-refractivity contribution in [1.29, 1.82) is 0 Å². The van der Waals surface area contributed by atoms with Gasteiger partial charge in [-0.2, -0.15) is 0 Å². The van der Waals surface area contributed by atoms with Crippen molar-refractivity contribution in [2.75, 3.05) is 27.2 Å². The van der Waals surface area contributed by atoms with Gasteiger partial charge < -0.3 is 15.5 Å². The number of piperidine rings is 1. The Kier molecular flexibility index (Phi) is 4.74. The van der Waals surface area contributed by atoms with E-state index in [0.717, 1.165) is 25.9 Å². The lowest BCUT2D eigenvalue weighted by atomic mass is 10.00. The topological polar surface area (TPSA) is 49.6 Å². The molecular weight excluding hydrogens is 202 g/mol. The molecule has 0 radical (unpaired) electrons. The minimum absolute atomic E-state index is 0.118. The van der Waals surface area contributed by atoms with Gasteiger partial charge in [0.05, 0.1) is 6.04 Å². The van der Waals surface area contributed by atoms with Crippen molar-refractivity contribution in [3.63, 3.8) is 0 Å². The third-order valence-corrected chi connectivity index (χ3v) is 3.51. The maximum atomic E-state index is 12.0. The maximum Gasteiger partial charge on any atom is 0.239 e. The monoisotopic (exact) mass is 227 g/mol. The predicted octanol–water partition coefficient (Wildman–Crippen LogP) is 0.522. The summed E-state index contributed by atoms with van der Waals surface area (Å²) in [5, 5.41) is 0. The number of carbonyl (C=O) groups is 1. The van der Waals surface area contributed by atoms with Crippen LogP contribution in [0.1, 0.15) is 26.7 Å². The molecule has 1 rings (SSSR count). The summed E-state index contributed by atoms with van der Waals surface area (Å²) < 4.78 is 0. The number of likely N-dealkylation sites (tertiary alicyclic amines) is 1. The average molecular weight is 227 g/mol. The number of hydrogen-bond acceptors (Lipinski definition) is 3. The molecule has 0 aromatic carbocycles. The van der Waals surface area contributed by atoms with E-state index in [9.17, 15) is 4.79 Å². The third kappa shape index (κ3) is 3.19. The SMILES string of the molecule is CC(C)[C@@H](N)C(=O)N1CCC(N(C)C)CC1. The molecule has 1 heterocycles. The van der Waals surface area contributed by atoms with Gasteiger partial charge in [0.1, 0.15) is 0 Å². The highest BCUT2D eigenvalue weighted by molar-refractivity contribution is 5.82. The van der Waals surface area contributed by atoms with Crippen LogP contribution in [-0.4, -0.2) is 55.0 Å². The number of nitrogens with two attached hydrogens (primary N) is 1. The van der Waals surface area contributed by atoms with Gasteiger partial charge in [-0.3, -0.25) is 4.79 Å². The highest BCUT2D eigenvalue weighted by Crippen LogP contribution is 2.15. The fourth-order valence-electron chi connectivity index (χ4n) is 2.10. The van der Waals surface area contributed by atoms with Gasteiger partial charge in [-0.1, -0.05) is 13.8 Å². The largest absolute Gasteiger partial charge is 0.341 e. The Hall–Kier alpha value is -0.610. The zero-order valence-corrected chi connectivity index (χ0v) is 10.9. The van der Waals surface area contributed by atoms with Gasteiger partial charge in [-0.25, -0.2) is 0 Å². The van der Waals surface area contributed by atoms with Crippen LogP contribution in [0.3, 0.4) is 0 Å². The molecule has 1 aliphatic rings. The minimum atomic E-state index is -0.337. The first kappa shape index (κ1) is 13.5. The van der Waals surface area contributed by atoms with Crippen molar-refractivity contribution in [1.82, 2.24) is 9.80 Å². The molecule has 4 nitrogen and oxygen atoms in total. The van der Waals surface area contributed by atoms with E-state index in [1.165, 1.54) is 0 Å². The molecule has 1 amide bonds. The Bertz CT molecular complexity index is 232. The van der Waals surface area contributed by atoms with Crippen LogP contribution < -0.4 is 5.73 Å². The van der Waals surface area contributed by atoms with Crippen LogP contribution in [0.15, 0.2) is 0 Å². The average Bonchev–Trinajstić information content (AvgIpc) is 2.27. The van der Waals surface area contributed by atoms with Gasteiger partial charge in [0.2, 0.25) is 5.91 Å². The Morgan fingerprint density at radius 2 is 1.81 bits per heavy atom. The Balaban J connectivity index is 2.45. The van der Waals surface area contributed by atoms with Crippen LogP contribution in [0.2, 0.25) is 0 Å². The third-order valence-electron chi connectivity index (χ3n) is 3.51. The van der Waals surface area contributed by atoms with Crippen LogP contribution in [-0.2, 0) is 4.79 Å². The van der Waals surface area contributed by atoms with Gasteiger partial charge in [0, 0.05) is 19.1 Å². The van der Waals surface area contributed by atoms with E-state index in [0.29, 0.717) is 6.04 Å².